The molecule has 3 nitrogen and oxygen atoms in total. The summed E-state index contributed by atoms with van der Waals surface area (Å²) < 4.78 is 11.1. The Kier molecular flexibility index (Phi) is 6.93. The van der Waals surface area contributed by atoms with E-state index in [0.717, 1.165) is 33.3 Å². The van der Waals surface area contributed by atoms with E-state index in [1.54, 1.807) is 0 Å². The second-order valence-electron chi connectivity index (χ2n) is 14.9. The highest BCUT2D eigenvalue weighted by molar-refractivity contribution is 6.16. The van der Waals surface area contributed by atoms with Crippen LogP contribution in [0.15, 0.2) is 211 Å². The molecule has 57 heavy (non-hydrogen) atoms. The molecule has 0 saturated heterocycles. The SMILES string of the molecule is c1ccc(-c2ccc(-n3c4ccc(-c5ccc6c(c5)c5ccccc5n6-c5ccccc5)cc4c4cc(-c5cccc6oc7ccccc7c56)ccc43)cc2)cc1. The van der Waals surface area contributed by atoms with E-state index >= 15 is 0 Å². The van der Waals surface area contributed by atoms with Crippen molar-refractivity contribution in [3.05, 3.63) is 206 Å². The van der Waals surface area contributed by atoms with Crippen LogP contribution in [0.2, 0.25) is 0 Å². The Bertz CT molecular complexity index is 3490. The molecule has 3 heteroatoms. The lowest BCUT2D eigenvalue weighted by molar-refractivity contribution is 0.669. The number of fused-ring (bicyclic) bond motifs is 9. The van der Waals surface area contributed by atoms with Gasteiger partial charge in [-0.05, 0) is 112 Å². The zero-order valence-corrected chi connectivity index (χ0v) is 30.9. The van der Waals surface area contributed by atoms with Crippen LogP contribution in [0.1, 0.15) is 0 Å². The summed E-state index contributed by atoms with van der Waals surface area (Å²) in [6, 6.07) is 74.5. The molecule has 0 atom stereocenters. The van der Waals surface area contributed by atoms with Crippen LogP contribution in [0.5, 0.6) is 0 Å². The number of nitrogens with zero attached hydrogens (tertiary/aromatic N) is 2. The molecule has 9 aromatic carbocycles. The van der Waals surface area contributed by atoms with Gasteiger partial charge in [-0.1, -0.05) is 127 Å². The number of furan rings is 1. The lowest BCUT2D eigenvalue weighted by atomic mass is 9.97. The van der Waals surface area contributed by atoms with Gasteiger partial charge >= 0.3 is 0 Å². The second kappa shape index (κ2) is 12.5. The molecule has 0 aliphatic carbocycles. The first kappa shape index (κ1) is 31.7. The zero-order chi connectivity index (χ0) is 37.5. The van der Waals surface area contributed by atoms with E-state index in [4.69, 9.17) is 4.42 Å². The van der Waals surface area contributed by atoms with Gasteiger partial charge in [0.2, 0.25) is 0 Å². The van der Waals surface area contributed by atoms with Crippen molar-refractivity contribution >= 4 is 65.6 Å². The Labute approximate surface area is 328 Å². The first-order valence-electron chi connectivity index (χ1n) is 19.5. The number of aromatic nitrogens is 2. The molecule has 3 aromatic heterocycles. The predicted molar refractivity (Wildman–Crippen MR) is 239 cm³/mol. The van der Waals surface area contributed by atoms with E-state index in [2.05, 4.69) is 209 Å². The molecule has 0 N–H and O–H groups in total. The van der Waals surface area contributed by atoms with Crippen molar-refractivity contribution in [2.24, 2.45) is 0 Å². The number of rotatable bonds is 5. The number of benzene rings is 9. The maximum Gasteiger partial charge on any atom is 0.136 e. The summed E-state index contributed by atoms with van der Waals surface area (Å²) in [5, 5.41) is 7.21. The summed E-state index contributed by atoms with van der Waals surface area (Å²) in [5.74, 6) is 0. The number of hydrogen-bond donors (Lipinski definition) is 0. The molecule has 0 unspecified atom stereocenters. The monoisotopic (exact) mass is 726 g/mol. The zero-order valence-electron chi connectivity index (χ0n) is 30.9. The van der Waals surface area contributed by atoms with Gasteiger partial charge in [-0.15, -0.1) is 0 Å². The maximum atomic E-state index is 6.32. The maximum absolute atomic E-state index is 6.32. The summed E-state index contributed by atoms with van der Waals surface area (Å²) in [6.45, 7) is 0. The van der Waals surface area contributed by atoms with E-state index < -0.39 is 0 Å². The fraction of sp³-hybridized carbons (Fsp3) is 0. The molecule has 12 aromatic rings. The normalized spacial score (nSPS) is 11.9. The minimum Gasteiger partial charge on any atom is -0.456 e. The standard InChI is InChI=1S/C54H34N2O/c1-3-12-35(13-4-1)36-22-27-41(28-23-36)56-50-30-25-38(37-24-29-49-45(32-37)43-16-7-9-19-48(43)55(49)40-14-5-2-6-15-40)33-46(50)47-34-39(26-31-51(47)56)42-18-11-21-53-54(42)44-17-8-10-20-52(44)57-53/h1-34H. The highest BCUT2D eigenvalue weighted by atomic mass is 16.3. The molecule has 0 aliphatic heterocycles. The third kappa shape index (κ3) is 4.92. The van der Waals surface area contributed by atoms with E-state index in [1.807, 2.05) is 6.07 Å². The molecule has 0 spiro atoms. The van der Waals surface area contributed by atoms with Crippen molar-refractivity contribution in [3.8, 4) is 44.8 Å². The molecule has 0 fully saturated rings. The molecule has 0 amide bonds. The third-order valence-corrected chi connectivity index (χ3v) is 11.7. The van der Waals surface area contributed by atoms with Crippen molar-refractivity contribution in [3.63, 3.8) is 0 Å². The van der Waals surface area contributed by atoms with Gasteiger partial charge in [-0.3, -0.25) is 0 Å². The van der Waals surface area contributed by atoms with E-state index in [9.17, 15) is 0 Å². The molecule has 0 aliphatic rings. The topological polar surface area (TPSA) is 23.0 Å². The third-order valence-electron chi connectivity index (χ3n) is 11.7. The average molecular weight is 727 g/mol. The highest BCUT2D eigenvalue weighted by Gasteiger charge is 2.18. The van der Waals surface area contributed by atoms with Crippen molar-refractivity contribution < 1.29 is 4.42 Å². The van der Waals surface area contributed by atoms with Crippen LogP contribution in [0.4, 0.5) is 0 Å². The average Bonchev–Trinajstić information content (AvgIpc) is 3.94. The summed E-state index contributed by atoms with van der Waals surface area (Å²) in [5.41, 5.74) is 16.0. The van der Waals surface area contributed by atoms with Gasteiger partial charge in [0, 0.05) is 43.7 Å². The molecular formula is C54H34N2O. The van der Waals surface area contributed by atoms with Gasteiger partial charge in [0.15, 0.2) is 0 Å². The Morgan fingerprint density at radius 3 is 1.46 bits per heavy atom. The summed E-state index contributed by atoms with van der Waals surface area (Å²) in [7, 11) is 0. The first-order chi connectivity index (χ1) is 28.3. The van der Waals surface area contributed by atoms with Crippen molar-refractivity contribution in [1.29, 1.82) is 0 Å². The Morgan fingerprint density at radius 2 is 0.754 bits per heavy atom. The van der Waals surface area contributed by atoms with Gasteiger partial charge in [-0.25, -0.2) is 0 Å². The van der Waals surface area contributed by atoms with E-state index in [1.165, 1.54) is 77.0 Å². The predicted octanol–water partition coefficient (Wildman–Crippen LogP) is 14.8. The van der Waals surface area contributed by atoms with Crippen molar-refractivity contribution in [2.75, 3.05) is 0 Å². The molecule has 266 valence electrons. The lowest BCUT2D eigenvalue weighted by Gasteiger charge is -2.11. The van der Waals surface area contributed by atoms with Crippen LogP contribution < -0.4 is 0 Å². The Hall–Kier alpha value is -7.62. The molecule has 3 heterocycles. The fourth-order valence-electron chi connectivity index (χ4n) is 9.11. The van der Waals surface area contributed by atoms with Crippen molar-refractivity contribution in [1.82, 2.24) is 9.13 Å². The minimum atomic E-state index is 0.904. The van der Waals surface area contributed by atoms with Crippen LogP contribution in [0.3, 0.4) is 0 Å². The van der Waals surface area contributed by atoms with E-state index in [-0.39, 0.29) is 0 Å². The quantitative estimate of drug-likeness (QED) is 0.173. The second-order valence-corrected chi connectivity index (χ2v) is 14.9. The van der Waals surface area contributed by atoms with Crippen LogP contribution in [-0.4, -0.2) is 9.13 Å². The van der Waals surface area contributed by atoms with Crippen molar-refractivity contribution in [2.45, 2.75) is 0 Å². The van der Waals surface area contributed by atoms with Gasteiger partial charge in [0.1, 0.15) is 11.2 Å². The Balaban J connectivity index is 1.07. The van der Waals surface area contributed by atoms with Gasteiger partial charge in [-0.2, -0.15) is 0 Å². The fourth-order valence-corrected chi connectivity index (χ4v) is 9.11. The number of hydrogen-bond acceptors (Lipinski definition) is 1. The smallest absolute Gasteiger partial charge is 0.136 e. The van der Waals surface area contributed by atoms with Crippen LogP contribution in [0.25, 0.3) is 110 Å². The van der Waals surface area contributed by atoms with Crippen LogP contribution in [-0.2, 0) is 0 Å². The molecule has 0 radical (unpaired) electrons. The highest BCUT2D eigenvalue weighted by Crippen LogP contribution is 2.42. The van der Waals surface area contributed by atoms with E-state index in [0.29, 0.717) is 0 Å². The first-order valence-corrected chi connectivity index (χ1v) is 19.5. The summed E-state index contributed by atoms with van der Waals surface area (Å²) in [6.07, 6.45) is 0. The van der Waals surface area contributed by atoms with Gasteiger partial charge < -0.3 is 13.6 Å². The van der Waals surface area contributed by atoms with Crippen LogP contribution in [0, 0.1) is 0 Å². The molecule has 0 saturated carbocycles. The van der Waals surface area contributed by atoms with Gasteiger partial charge in [0.05, 0.1) is 22.1 Å². The van der Waals surface area contributed by atoms with Gasteiger partial charge in [0.25, 0.3) is 0 Å². The largest absolute Gasteiger partial charge is 0.456 e. The Morgan fingerprint density at radius 1 is 0.281 bits per heavy atom. The minimum absolute atomic E-state index is 0.904. The summed E-state index contributed by atoms with van der Waals surface area (Å²) in [4.78, 5) is 0. The molecular weight excluding hydrogens is 693 g/mol. The summed E-state index contributed by atoms with van der Waals surface area (Å²) >= 11 is 0. The number of para-hydroxylation sites is 3. The molecule has 0 bridgehead atoms. The molecule has 12 rings (SSSR count). The lowest BCUT2D eigenvalue weighted by Crippen LogP contribution is -1.94. The van der Waals surface area contributed by atoms with Crippen LogP contribution >= 0.6 is 0 Å².